The van der Waals surface area contributed by atoms with Gasteiger partial charge in [0.1, 0.15) is 0 Å². The maximum atomic E-state index is 6.51. The smallest absolute Gasteiger partial charge is 0.0587 e. The summed E-state index contributed by atoms with van der Waals surface area (Å²) in [5, 5.41) is 0. The lowest BCUT2D eigenvalue weighted by Gasteiger charge is -2.33. The fourth-order valence-electron chi connectivity index (χ4n) is 2.81. The van der Waals surface area contributed by atoms with Crippen LogP contribution in [0.1, 0.15) is 16.7 Å². The molecule has 2 aromatic carbocycles. The molecular formula is C19H16ClN. The van der Waals surface area contributed by atoms with Gasteiger partial charge in [-0.3, -0.25) is 4.98 Å². The SMILES string of the molecule is ClCC(c1ccccc1)(c1ccccc1)c1ccncc1. The van der Waals surface area contributed by atoms with Gasteiger partial charge in [-0.25, -0.2) is 0 Å². The first-order chi connectivity index (χ1) is 10.4. The maximum absolute atomic E-state index is 6.51. The van der Waals surface area contributed by atoms with Crippen LogP contribution < -0.4 is 0 Å². The molecule has 1 aromatic heterocycles. The molecule has 0 aliphatic heterocycles. The molecule has 0 radical (unpaired) electrons. The van der Waals surface area contributed by atoms with E-state index in [2.05, 4.69) is 53.5 Å². The third kappa shape index (κ3) is 2.45. The average Bonchev–Trinajstić information content (AvgIpc) is 2.59. The Bertz CT molecular complexity index is 584. The lowest BCUT2D eigenvalue weighted by Crippen LogP contribution is -2.31. The van der Waals surface area contributed by atoms with Crippen LogP contribution in [-0.4, -0.2) is 10.9 Å². The zero-order chi connectivity index (χ0) is 14.5. The lowest BCUT2D eigenvalue weighted by molar-refractivity contribution is 0.699. The Kier molecular flexibility index (Phi) is 4.03. The summed E-state index contributed by atoms with van der Waals surface area (Å²) in [6.45, 7) is 0. The van der Waals surface area contributed by atoms with Gasteiger partial charge in [-0.05, 0) is 28.8 Å². The van der Waals surface area contributed by atoms with Gasteiger partial charge < -0.3 is 0 Å². The van der Waals surface area contributed by atoms with Crippen molar-refractivity contribution in [3.63, 3.8) is 0 Å². The molecule has 0 saturated heterocycles. The van der Waals surface area contributed by atoms with E-state index in [1.165, 1.54) is 11.1 Å². The molecule has 1 nitrogen and oxygen atoms in total. The Morgan fingerprint density at radius 3 is 1.52 bits per heavy atom. The molecule has 0 amide bonds. The first-order valence-electron chi connectivity index (χ1n) is 6.95. The van der Waals surface area contributed by atoms with Crippen molar-refractivity contribution in [2.24, 2.45) is 0 Å². The van der Waals surface area contributed by atoms with E-state index in [9.17, 15) is 0 Å². The van der Waals surface area contributed by atoms with Crippen LogP contribution in [0, 0.1) is 0 Å². The van der Waals surface area contributed by atoms with Crippen LogP contribution in [0.15, 0.2) is 85.2 Å². The minimum Gasteiger partial charge on any atom is -0.265 e. The molecular weight excluding hydrogens is 278 g/mol. The molecule has 0 atom stereocenters. The number of rotatable bonds is 4. The molecule has 21 heavy (non-hydrogen) atoms. The molecule has 0 unspecified atom stereocenters. The summed E-state index contributed by atoms with van der Waals surface area (Å²) >= 11 is 6.51. The number of aromatic nitrogens is 1. The van der Waals surface area contributed by atoms with Crippen molar-refractivity contribution >= 4 is 11.6 Å². The van der Waals surface area contributed by atoms with Crippen molar-refractivity contribution in [2.75, 3.05) is 5.88 Å². The van der Waals surface area contributed by atoms with E-state index in [1.807, 2.05) is 36.7 Å². The average molecular weight is 294 g/mol. The zero-order valence-corrected chi connectivity index (χ0v) is 12.4. The molecule has 3 rings (SSSR count). The number of alkyl halides is 1. The predicted molar refractivity (Wildman–Crippen MR) is 87.7 cm³/mol. The molecule has 104 valence electrons. The van der Waals surface area contributed by atoms with Gasteiger partial charge in [0.25, 0.3) is 0 Å². The van der Waals surface area contributed by atoms with Crippen molar-refractivity contribution in [1.82, 2.24) is 4.98 Å². The second-order valence-electron chi connectivity index (χ2n) is 5.01. The quantitative estimate of drug-likeness (QED) is 0.638. The third-order valence-electron chi connectivity index (χ3n) is 3.91. The fourth-order valence-corrected chi connectivity index (χ4v) is 3.28. The Balaban J connectivity index is 2.29. The van der Waals surface area contributed by atoms with Gasteiger partial charge in [0, 0.05) is 18.3 Å². The van der Waals surface area contributed by atoms with Gasteiger partial charge in [-0.1, -0.05) is 60.7 Å². The first kappa shape index (κ1) is 13.8. The van der Waals surface area contributed by atoms with Crippen LogP contribution in [0.2, 0.25) is 0 Å². The van der Waals surface area contributed by atoms with Gasteiger partial charge in [0.05, 0.1) is 5.41 Å². The standard InChI is InChI=1S/C19H16ClN/c20-15-19(16-7-3-1-4-8-16,17-9-5-2-6-10-17)18-11-13-21-14-12-18/h1-14H,15H2. The van der Waals surface area contributed by atoms with Gasteiger partial charge in [-0.2, -0.15) is 0 Å². The number of hydrogen-bond acceptors (Lipinski definition) is 1. The number of nitrogens with zero attached hydrogens (tertiary/aromatic N) is 1. The number of pyridine rings is 1. The number of hydrogen-bond donors (Lipinski definition) is 0. The van der Waals surface area contributed by atoms with Crippen molar-refractivity contribution in [1.29, 1.82) is 0 Å². The van der Waals surface area contributed by atoms with E-state index in [-0.39, 0.29) is 5.41 Å². The largest absolute Gasteiger partial charge is 0.265 e. The van der Waals surface area contributed by atoms with E-state index in [1.54, 1.807) is 0 Å². The fraction of sp³-hybridized carbons (Fsp3) is 0.105. The van der Waals surface area contributed by atoms with Crippen molar-refractivity contribution in [3.8, 4) is 0 Å². The molecule has 0 bridgehead atoms. The van der Waals surface area contributed by atoms with Crippen LogP contribution in [0.3, 0.4) is 0 Å². The zero-order valence-electron chi connectivity index (χ0n) is 11.6. The van der Waals surface area contributed by atoms with Gasteiger partial charge in [0.2, 0.25) is 0 Å². The van der Waals surface area contributed by atoms with Crippen LogP contribution in [0.4, 0.5) is 0 Å². The minimum atomic E-state index is -0.354. The molecule has 0 aliphatic rings. The summed E-state index contributed by atoms with van der Waals surface area (Å²) in [4.78, 5) is 4.14. The lowest BCUT2D eigenvalue weighted by atomic mass is 9.71. The second kappa shape index (κ2) is 6.11. The highest BCUT2D eigenvalue weighted by atomic mass is 35.5. The van der Waals surface area contributed by atoms with Crippen LogP contribution >= 0.6 is 11.6 Å². The highest BCUT2D eigenvalue weighted by Gasteiger charge is 2.35. The summed E-state index contributed by atoms with van der Waals surface area (Å²) in [5.74, 6) is 0.477. The first-order valence-corrected chi connectivity index (χ1v) is 7.49. The highest BCUT2D eigenvalue weighted by molar-refractivity contribution is 6.19. The van der Waals surface area contributed by atoms with E-state index in [0.717, 1.165) is 5.56 Å². The van der Waals surface area contributed by atoms with E-state index >= 15 is 0 Å². The Hall–Kier alpha value is -2.12. The van der Waals surface area contributed by atoms with E-state index in [0.29, 0.717) is 5.88 Å². The molecule has 2 heteroatoms. The minimum absolute atomic E-state index is 0.354. The van der Waals surface area contributed by atoms with Crippen molar-refractivity contribution in [2.45, 2.75) is 5.41 Å². The van der Waals surface area contributed by atoms with Gasteiger partial charge in [-0.15, -0.1) is 11.6 Å². The summed E-state index contributed by atoms with van der Waals surface area (Å²) in [6, 6.07) is 24.9. The molecule has 0 fully saturated rings. The topological polar surface area (TPSA) is 12.9 Å². The summed E-state index contributed by atoms with van der Waals surface area (Å²) in [7, 11) is 0. The molecule has 0 saturated carbocycles. The molecule has 0 aliphatic carbocycles. The Morgan fingerprint density at radius 2 is 1.10 bits per heavy atom. The molecule has 0 N–H and O–H groups in total. The molecule has 1 heterocycles. The Labute approximate surface area is 130 Å². The van der Waals surface area contributed by atoms with Gasteiger partial charge >= 0.3 is 0 Å². The van der Waals surface area contributed by atoms with Crippen LogP contribution in [0.25, 0.3) is 0 Å². The number of benzene rings is 2. The van der Waals surface area contributed by atoms with Crippen LogP contribution in [0.5, 0.6) is 0 Å². The number of halogens is 1. The van der Waals surface area contributed by atoms with Crippen LogP contribution in [-0.2, 0) is 5.41 Å². The summed E-state index contributed by atoms with van der Waals surface area (Å²) in [6.07, 6.45) is 3.64. The maximum Gasteiger partial charge on any atom is 0.0587 e. The van der Waals surface area contributed by atoms with Gasteiger partial charge in [0.15, 0.2) is 0 Å². The summed E-state index contributed by atoms with van der Waals surface area (Å²) in [5.41, 5.74) is 3.19. The van der Waals surface area contributed by atoms with E-state index < -0.39 is 0 Å². The monoisotopic (exact) mass is 293 g/mol. The van der Waals surface area contributed by atoms with E-state index in [4.69, 9.17) is 11.6 Å². The highest BCUT2D eigenvalue weighted by Crippen LogP contribution is 2.39. The predicted octanol–water partition coefficient (Wildman–Crippen LogP) is 4.65. The molecule has 3 aromatic rings. The summed E-state index contributed by atoms with van der Waals surface area (Å²) < 4.78 is 0. The third-order valence-corrected chi connectivity index (χ3v) is 4.31. The second-order valence-corrected chi connectivity index (χ2v) is 5.27. The Morgan fingerprint density at radius 1 is 0.667 bits per heavy atom. The molecule has 0 spiro atoms. The van der Waals surface area contributed by atoms with Crippen molar-refractivity contribution in [3.05, 3.63) is 102 Å². The van der Waals surface area contributed by atoms with Crippen molar-refractivity contribution < 1.29 is 0 Å². The normalized spacial score (nSPS) is 11.3.